The Labute approximate surface area is 96.6 Å². The van der Waals surface area contributed by atoms with E-state index in [-0.39, 0.29) is 0 Å². The van der Waals surface area contributed by atoms with Crippen LogP contribution in [0.4, 0.5) is 0 Å². The van der Waals surface area contributed by atoms with Gasteiger partial charge in [-0.05, 0) is 36.1 Å². The number of rotatable bonds is 3. The van der Waals surface area contributed by atoms with Crippen LogP contribution in [0.3, 0.4) is 0 Å². The third-order valence-corrected chi connectivity index (χ3v) is 2.65. The second kappa shape index (κ2) is 4.20. The summed E-state index contributed by atoms with van der Waals surface area (Å²) >= 11 is 0. The number of hydrogen-bond acceptors (Lipinski definition) is 1. The number of H-pyrrole nitrogens is 1. The number of ether oxygens (including phenoxy) is 1. The lowest BCUT2D eigenvalue weighted by Gasteiger charge is -2.18. The van der Waals surface area contributed by atoms with Crippen molar-refractivity contribution >= 4 is 10.9 Å². The van der Waals surface area contributed by atoms with Crippen molar-refractivity contribution in [3.05, 3.63) is 30.5 Å². The van der Waals surface area contributed by atoms with Crippen LogP contribution in [0.5, 0.6) is 5.75 Å². The number of benzene rings is 1. The predicted octanol–water partition coefficient (Wildman–Crippen LogP) is 3.98. The van der Waals surface area contributed by atoms with Gasteiger partial charge in [0.1, 0.15) is 5.75 Å². The lowest BCUT2D eigenvalue weighted by atomic mass is 9.93. The van der Waals surface area contributed by atoms with Gasteiger partial charge in [-0.15, -0.1) is 0 Å². The molecule has 1 heterocycles. The van der Waals surface area contributed by atoms with E-state index in [0.717, 1.165) is 24.3 Å². The topological polar surface area (TPSA) is 25.0 Å². The van der Waals surface area contributed by atoms with Gasteiger partial charge in [0.2, 0.25) is 0 Å². The first-order chi connectivity index (χ1) is 7.54. The minimum Gasteiger partial charge on any atom is -0.494 e. The van der Waals surface area contributed by atoms with Gasteiger partial charge in [0.05, 0.1) is 6.61 Å². The first-order valence-corrected chi connectivity index (χ1v) is 5.75. The van der Waals surface area contributed by atoms with Crippen molar-refractivity contribution in [3.8, 4) is 5.75 Å². The van der Waals surface area contributed by atoms with Crippen molar-refractivity contribution in [2.45, 2.75) is 27.2 Å². The molecule has 2 aromatic rings. The molecule has 16 heavy (non-hydrogen) atoms. The molecule has 1 aromatic heterocycles. The highest BCUT2D eigenvalue weighted by Crippen LogP contribution is 2.22. The minimum absolute atomic E-state index is 0.332. The second-order valence-corrected chi connectivity index (χ2v) is 5.39. The molecule has 0 unspecified atom stereocenters. The SMILES string of the molecule is CC(C)(C)CCOc1ccc2[nH]ccc2c1. The highest BCUT2D eigenvalue weighted by atomic mass is 16.5. The first-order valence-electron chi connectivity index (χ1n) is 5.75. The summed E-state index contributed by atoms with van der Waals surface area (Å²) in [6.45, 7) is 7.46. The number of nitrogens with one attached hydrogen (secondary N) is 1. The normalized spacial score (nSPS) is 11.9. The molecule has 0 amide bonds. The average Bonchev–Trinajstić information content (AvgIpc) is 2.62. The average molecular weight is 217 g/mol. The molecular formula is C14H19NO. The molecule has 0 aliphatic heterocycles. The molecule has 0 aliphatic rings. The number of aromatic nitrogens is 1. The molecule has 2 heteroatoms. The molecule has 0 saturated heterocycles. The fourth-order valence-electron chi connectivity index (χ4n) is 1.60. The molecule has 0 saturated carbocycles. The monoisotopic (exact) mass is 217 g/mol. The van der Waals surface area contributed by atoms with Crippen molar-refractivity contribution in [2.75, 3.05) is 6.61 Å². The van der Waals surface area contributed by atoms with Crippen molar-refractivity contribution in [2.24, 2.45) is 5.41 Å². The van der Waals surface area contributed by atoms with Gasteiger partial charge in [-0.3, -0.25) is 0 Å². The van der Waals surface area contributed by atoms with E-state index in [1.165, 1.54) is 5.39 Å². The van der Waals surface area contributed by atoms with E-state index >= 15 is 0 Å². The lowest BCUT2D eigenvalue weighted by Crippen LogP contribution is -2.10. The molecule has 1 aromatic carbocycles. The molecule has 0 fully saturated rings. The Balaban J connectivity index is 1.99. The van der Waals surface area contributed by atoms with E-state index in [2.05, 4.69) is 44.0 Å². The van der Waals surface area contributed by atoms with E-state index in [1.807, 2.05) is 12.3 Å². The zero-order valence-corrected chi connectivity index (χ0v) is 10.2. The molecule has 2 rings (SSSR count). The Kier molecular flexibility index (Phi) is 2.90. The van der Waals surface area contributed by atoms with Gasteiger partial charge >= 0.3 is 0 Å². The van der Waals surface area contributed by atoms with Crippen LogP contribution in [0.2, 0.25) is 0 Å². The van der Waals surface area contributed by atoms with Gasteiger partial charge in [0.15, 0.2) is 0 Å². The quantitative estimate of drug-likeness (QED) is 0.826. The first kappa shape index (κ1) is 11.1. The van der Waals surface area contributed by atoms with Crippen molar-refractivity contribution in [3.63, 3.8) is 0 Å². The lowest BCUT2D eigenvalue weighted by molar-refractivity contribution is 0.243. The second-order valence-electron chi connectivity index (χ2n) is 5.39. The van der Waals surface area contributed by atoms with E-state index in [9.17, 15) is 0 Å². The predicted molar refractivity (Wildman–Crippen MR) is 67.9 cm³/mol. The number of aromatic amines is 1. The summed E-state index contributed by atoms with van der Waals surface area (Å²) in [5.74, 6) is 0.955. The van der Waals surface area contributed by atoms with E-state index in [0.29, 0.717) is 5.41 Å². The fourth-order valence-corrected chi connectivity index (χ4v) is 1.60. The number of fused-ring (bicyclic) bond motifs is 1. The highest BCUT2D eigenvalue weighted by molar-refractivity contribution is 5.80. The summed E-state index contributed by atoms with van der Waals surface area (Å²) in [7, 11) is 0. The van der Waals surface area contributed by atoms with Crippen LogP contribution in [0.15, 0.2) is 30.5 Å². The zero-order valence-electron chi connectivity index (χ0n) is 10.2. The van der Waals surface area contributed by atoms with Crippen molar-refractivity contribution in [1.82, 2.24) is 4.98 Å². The van der Waals surface area contributed by atoms with Gasteiger partial charge in [-0.25, -0.2) is 0 Å². The van der Waals surface area contributed by atoms with Crippen molar-refractivity contribution in [1.29, 1.82) is 0 Å². The van der Waals surface area contributed by atoms with Crippen LogP contribution in [-0.4, -0.2) is 11.6 Å². The van der Waals surface area contributed by atoms with E-state index in [4.69, 9.17) is 4.74 Å². The van der Waals surface area contributed by atoms with Crippen LogP contribution in [0, 0.1) is 5.41 Å². The molecule has 0 atom stereocenters. The van der Waals surface area contributed by atoms with E-state index < -0.39 is 0 Å². The summed E-state index contributed by atoms with van der Waals surface area (Å²) in [5.41, 5.74) is 1.49. The maximum atomic E-state index is 5.75. The Morgan fingerprint density at radius 2 is 2.00 bits per heavy atom. The summed E-state index contributed by atoms with van der Waals surface area (Å²) in [6.07, 6.45) is 3.02. The Hall–Kier alpha value is -1.44. The maximum Gasteiger partial charge on any atom is 0.120 e. The largest absolute Gasteiger partial charge is 0.494 e. The summed E-state index contributed by atoms with van der Waals surface area (Å²) in [5, 5.41) is 1.20. The third kappa shape index (κ3) is 2.78. The van der Waals surface area contributed by atoms with Gasteiger partial charge in [0, 0.05) is 17.1 Å². The van der Waals surface area contributed by atoms with E-state index in [1.54, 1.807) is 0 Å². The Morgan fingerprint density at radius 3 is 2.75 bits per heavy atom. The molecule has 2 nitrogen and oxygen atoms in total. The van der Waals surface area contributed by atoms with Gasteiger partial charge < -0.3 is 9.72 Å². The molecular weight excluding hydrogens is 198 g/mol. The van der Waals surface area contributed by atoms with Crippen molar-refractivity contribution < 1.29 is 4.74 Å². The van der Waals surface area contributed by atoms with Gasteiger partial charge in [-0.1, -0.05) is 20.8 Å². The molecule has 0 radical (unpaired) electrons. The van der Waals surface area contributed by atoms with Crippen LogP contribution in [0.1, 0.15) is 27.2 Å². The number of hydrogen-bond donors (Lipinski definition) is 1. The minimum atomic E-state index is 0.332. The smallest absolute Gasteiger partial charge is 0.120 e. The zero-order chi connectivity index (χ0) is 11.6. The standard InChI is InChI=1S/C14H19NO/c1-14(2,3)7-9-16-12-4-5-13-11(10-12)6-8-15-13/h4-6,8,10,15H,7,9H2,1-3H3. The van der Waals surface area contributed by atoms with Gasteiger partial charge in [-0.2, -0.15) is 0 Å². The molecule has 0 aliphatic carbocycles. The van der Waals surface area contributed by atoms with Gasteiger partial charge in [0.25, 0.3) is 0 Å². The van der Waals surface area contributed by atoms with Crippen LogP contribution in [0.25, 0.3) is 10.9 Å². The molecule has 1 N–H and O–H groups in total. The van der Waals surface area contributed by atoms with Crippen LogP contribution in [-0.2, 0) is 0 Å². The Bertz CT molecular complexity index is 465. The third-order valence-electron chi connectivity index (χ3n) is 2.65. The summed E-state index contributed by atoms with van der Waals surface area (Å²) in [4.78, 5) is 3.17. The highest BCUT2D eigenvalue weighted by Gasteiger charge is 2.09. The molecule has 86 valence electrons. The summed E-state index contributed by atoms with van der Waals surface area (Å²) < 4.78 is 5.75. The summed E-state index contributed by atoms with van der Waals surface area (Å²) in [6, 6.07) is 8.21. The van der Waals surface area contributed by atoms with Crippen LogP contribution >= 0.6 is 0 Å². The Morgan fingerprint density at radius 1 is 1.19 bits per heavy atom. The fraction of sp³-hybridized carbons (Fsp3) is 0.429. The van der Waals surface area contributed by atoms with Crippen LogP contribution < -0.4 is 4.74 Å². The molecule has 0 bridgehead atoms. The maximum absolute atomic E-state index is 5.75. The molecule has 0 spiro atoms.